The molecule has 7 heteroatoms. The van der Waals surface area contributed by atoms with Gasteiger partial charge in [0.25, 0.3) is 0 Å². The lowest BCUT2D eigenvalue weighted by molar-refractivity contribution is -0.866. The predicted molar refractivity (Wildman–Crippen MR) is 40.1 cm³/mol. The van der Waals surface area contributed by atoms with Crippen LogP contribution in [0.5, 0.6) is 0 Å². The molecule has 1 N–H and O–H groups in total. The second-order valence-electron chi connectivity index (χ2n) is 2.66. The van der Waals surface area contributed by atoms with Crippen molar-refractivity contribution in [2.75, 3.05) is 20.1 Å². The van der Waals surface area contributed by atoms with Gasteiger partial charge >= 0.3 is 13.4 Å². The topological polar surface area (TPSA) is 4.44 Å². The molecule has 0 aromatic heterocycles. The molecule has 1 aliphatic heterocycles. The van der Waals surface area contributed by atoms with Gasteiger partial charge in [-0.25, -0.2) is 0 Å². The maximum absolute atomic E-state index is 9.67. The van der Waals surface area contributed by atoms with E-state index in [-0.39, 0.29) is 0 Å². The molecule has 0 unspecified atom stereocenters. The van der Waals surface area contributed by atoms with Crippen LogP contribution in [0.3, 0.4) is 0 Å². The van der Waals surface area contributed by atoms with Crippen LogP contribution in [-0.4, -0.2) is 33.5 Å². The molecular formula is C7H14F6N+. The van der Waals surface area contributed by atoms with Gasteiger partial charge in [0, 0.05) is 12.8 Å². The number of hydrogen-bond donors (Lipinski definition) is 1. The van der Waals surface area contributed by atoms with Gasteiger partial charge < -0.3 is 4.90 Å². The van der Waals surface area contributed by atoms with Gasteiger partial charge in [0.1, 0.15) is 0 Å². The summed E-state index contributed by atoms with van der Waals surface area (Å²) >= 11 is 0. The molecule has 0 atom stereocenters. The minimum absolute atomic E-state index is 1.40. The number of likely N-dealkylation sites (tertiary alicyclic amines) is 1. The molecule has 0 radical (unpaired) electrons. The van der Waals surface area contributed by atoms with Crippen LogP contribution >= 0.6 is 0 Å². The molecule has 0 bridgehead atoms. The molecule has 0 aromatic rings. The maximum Gasteiger partial charge on any atom is 0.379 e. The van der Waals surface area contributed by atoms with Crippen molar-refractivity contribution in [1.82, 2.24) is 0 Å². The first kappa shape index (κ1) is 16.0. The normalized spacial score (nSPS) is 16.1. The molecule has 14 heavy (non-hydrogen) atoms. The quantitative estimate of drug-likeness (QED) is 0.599. The van der Waals surface area contributed by atoms with E-state index in [1.54, 1.807) is 4.90 Å². The second kappa shape index (κ2) is 10.6. The van der Waals surface area contributed by atoms with Crippen molar-refractivity contribution in [2.45, 2.75) is 26.2 Å². The average Bonchev–Trinajstić information content (AvgIpc) is 2.36. The fourth-order valence-corrected chi connectivity index (χ4v) is 0.979. The van der Waals surface area contributed by atoms with Gasteiger partial charge in [-0.05, 0) is 0 Å². The molecule has 0 amide bonds. The first-order valence-corrected chi connectivity index (χ1v) is 4.02. The summed E-state index contributed by atoms with van der Waals surface area (Å²) in [5.74, 6) is 0. The molecule has 1 heterocycles. The minimum Gasteiger partial charge on any atom is -0.337 e. The summed E-state index contributed by atoms with van der Waals surface area (Å²) in [5, 5.41) is 0. The van der Waals surface area contributed by atoms with Gasteiger partial charge in [-0.3, -0.25) is 0 Å². The van der Waals surface area contributed by atoms with Crippen LogP contribution in [0.25, 0.3) is 0 Å². The van der Waals surface area contributed by atoms with Crippen molar-refractivity contribution in [2.24, 2.45) is 0 Å². The Hall–Kier alpha value is -0.460. The number of quaternary nitrogens is 1. The van der Waals surface area contributed by atoms with E-state index in [1.807, 2.05) is 0 Å². The Balaban J connectivity index is 0. The second-order valence-corrected chi connectivity index (χ2v) is 2.66. The fourth-order valence-electron chi connectivity index (χ4n) is 0.979. The summed E-state index contributed by atoms with van der Waals surface area (Å²) < 4.78 is 58.0. The van der Waals surface area contributed by atoms with Crippen LogP contribution < -0.4 is 4.90 Å². The Kier molecular flexibility index (Phi) is 12.1. The van der Waals surface area contributed by atoms with Crippen molar-refractivity contribution in [3.05, 3.63) is 0 Å². The van der Waals surface area contributed by atoms with Crippen LogP contribution in [0.2, 0.25) is 0 Å². The van der Waals surface area contributed by atoms with E-state index in [0.717, 1.165) is 0 Å². The van der Waals surface area contributed by atoms with Gasteiger partial charge in [0.15, 0.2) is 0 Å². The monoisotopic (exact) mass is 226 g/mol. The third kappa shape index (κ3) is 30.0. The molecule has 1 rings (SSSR count). The number of nitrogens with one attached hydrogen (secondary N) is 1. The Bertz CT molecular complexity index is 92.8. The van der Waals surface area contributed by atoms with Crippen molar-refractivity contribution in [3.8, 4) is 0 Å². The third-order valence-electron chi connectivity index (χ3n) is 1.46. The van der Waals surface area contributed by atoms with Crippen LogP contribution in [0, 0.1) is 0 Å². The molecule has 88 valence electrons. The fraction of sp³-hybridized carbons (Fsp3) is 1.00. The number of rotatable bonds is 0. The SMILES string of the molecule is C[NH+]1CCCC1.FC(F)F.FC(F)F. The molecule has 1 aliphatic rings. The van der Waals surface area contributed by atoms with Crippen LogP contribution in [0.15, 0.2) is 0 Å². The Labute approximate surface area is 78.7 Å². The van der Waals surface area contributed by atoms with Crippen LogP contribution in [-0.2, 0) is 0 Å². The highest BCUT2D eigenvalue weighted by Crippen LogP contribution is 1.87. The maximum atomic E-state index is 9.67. The molecule has 0 aliphatic carbocycles. The molecular weight excluding hydrogens is 212 g/mol. The summed E-state index contributed by atoms with van der Waals surface area (Å²) in [7, 11) is 2.26. The molecule has 1 nitrogen and oxygen atoms in total. The van der Waals surface area contributed by atoms with E-state index in [9.17, 15) is 26.3 Å². The summed E-state index contributed by atoms with van der Waals surface area (Å²) in [5.41, 5.74) is 0. The highest BCUT2D eigenvalue weighted by Gasteiger charge is 2.07. The zero-order chi connectivity index (χ0) is 11.6. The Morgan fingerprint density at radius 1 is 0.786 bits per heavy atom. The van der Waals surface area contributed by atoms with Crippen molar-refractivity contribution < 1.29 is 31.2 Å². The highest BCUT2D eigenvalue weighted by molar-refractivity contribution is 4.40. The minimum atomic E-state index is -3.67. The summed E-state index contributed by atoms with van der Waals surface area (Å²) in [6, 6.07) is 0. The first-order chi connectivity index (χ1) is 6.36. The lowest BCUT2D eigenvalue weighted by Gasteiger charge is -1.98. The smallest absolute Gasteiger partial charge is 0.337 e. The zero-order valence-corrected chi connectivity index (χ0v) is 7.75. The van der Waals surface area contributed by atoms with E-state index in [1.165, 1.54) is 25.9 Å². The van der Waals surface area contributed by atoms with Crippen molar-refractivity contribution in [1.29, 1.82) is 0 Å². The number of hydrogen-bond acceptors (Lipinski definition) is 0. The molecule has 1 saturated heterocycles. The molecule has 0 aromatic carbocycles. The highest BCUT2D eigenvalue weighted by atomic mass is 19.4. The Morgan fingerprint density at radius 3 is 1.07 bits per heavy atom. The van der Waals surface area contributed by atoms with Crippen molar-refractivity contribution >= 4 is 0 Å². The summed E-state index contributed by atoms with van der Waals surface area (Å²) in [6.45, 7) is -4.53. The van der Waals surface area contributed by atoms with Crippen LogP contribution in [0.4, 0.5) is 26.3 Å². The standard InChI is InChI=1S/C5H11N.2CHF3/c1-6-4-2-3-5-6;2*2-1(3)4/h2-5H2,1H3;2*1H/p+1. The Morgan fingerprint density at radius 2 is 1.00 bits per heavy atom. The third-order valence-corrected chi connectivity index (χ3v) is 1.46. The lowest BCUT2D eigenvalue weighted by atomic mass is 10.4. The molecule has 0 spiro atoms. The predicted octanol–water partition coefficient (Wildman–Crippen LogP) is 1.65. The van der Waals surface area contributed by atoms with Crippen molar-refractivity contribution in [3.63, 3.8) is 0 Å². The molecule has 0 saturated carbocycles. The largest absolute Gasteiger partial charge is 0.379 e. The van der Waals surface area contributed by atoms with E-state index in [4.69, 9.17) is 0 Å². The van der Waals surface area contributed by atoms with Crippen LogP contribution in [0.1, 0.15) is 12.8 Å². The van der Waals surface area contributed by atoms with E-state index in [0.29, 0.717) is 0 Å². The van der Waals surface area contributed by atoms with Gasteiger partial charge in [-0.2, -0.15) is 26.3 Å². The summed E-state index contributed by atoms with van der Waals surface area (Å²) in [4.78, 5) is 1.70. The number of alkyl halides is 6. The van der Waals surface area contributed by atoms with E-state index < -0.39 is 13.4 Å². The van der Waals surface area contributed by atoms with Gasteiger partial charge in [0.2, 0.25) is 0 Å². The van der Waals surface area contributed by atoms with E-state index in [2.05, 4.69) is 7.05 Å². The van der Waals surface area contributed by atoms with Gasteiger partial charge in [-0.1, -0.05) is 0 Å². The zero-order valence-electron chi connectivity index (χ0n) is 7.75. The van der Waals surface area contributed by atoms with Gasteiger partial charge in [0.05, 0.1) is 20.1 Å². The van der Waals surface area contributed by atoms with Gasteiger partial charge in [-0.15, -0.1) is 0 Å². The first-order valence-electron chi connectivity index (χ1n) is 4.02. The average molecular weight is 226 g/mol. The van der Waals surface area contributed by atoms with E-state index >= 15 is 0 Å². The molecule has 1 fully saturated rings. The lowest BCUT2D eigenvalue weighted by Crippen LogP contribution is -3.06. The summed E-state index contributed by atoms with van der Waals surface area (Å²) in [6.07, 6.45) is 2.90. The number of halogens is 6.